The van der Waals surface area contributed by atoms with Crippen LogP contribution in [0.4, 0.5) is 0 Å². The van der Waals surface area contributed by atoms with E-state index in [4.69, 9.17) is 9.15 Å². The van der Waals surface area contributed by atoms with Crippen LogP contribution in [0, 0.1) is 12.8 Å². The SMILES string of the molecule is Cc1nnc(COC(=O)C2CCN(S(=O)(=O)c3ccc4c(c3)CCC4)CC2)o1. The van der Waals surface area contributed by atoms with Crippen molar-refractivity contribution in [2.45, 2.75) is 50.5 Å². The van der Waals surface area contributed by atoms with Gasteiger partial charge in [-0.25, -0.2) is 8.42 Å². The molecule has 1 fully saturated rings. The van der Waals surface area contributed by atoms with Crippen molar-refractivity contribution in [2.24, 2.45) is 5.92 Å². The minimum Gasteiger partial charge on any atom is -0.455 e. The summed E-state index contributed by atoms with van der Waals surface area (Å²) in [6.07, 6.45) is 3.91. The Hall–Kier alpha value is -2.26. The molecule has 9 heteroatoms. The number of aromatic nitrogens is 2. The average Bonchev–Trinajstić information content (AvgIpc) is 3.34. The van der Waals surface area contributed by atoms with Gasteiger partial charge in [-0.1, -0.05) is 6.07 Å². The van der Waals surface area contributed by atoms with Gasteiger partial charge in [0.2, 0.25) is 15.9 Å². The third kappa shape index (κ3) is 3.81. The maximum Gasteiger partial charge on any atom is 0.309 e. The predicted octanol–water partition coefficient (Wildman–Crippen LogP) is 2.01. The average molecular weight is 405 g/mol. The van der Waals surface area contributed by atoms with E-state index in [-0.39, 0.29) is 24.4 Å². The number of esters is 1. The summed E-state index contributed by atoms with van der Waals surface area (Å²) in [6.45, 7) is 2.21. The van der Waals surface area contributed by atoms with Gasteiger partial charge in [0, 0.05) is 20.0 Å². The first-order valence-electron chi connectivity index (χ1n) is 9.51. The molecule has 0 saturated carbocycles. The number of aryl methyl sites for hydroxylation is 3. The lowest BCUT2D eigenvalue weighted by atomic mass is 9.98. The molecule has 0 bridgehead atoms. The zero-order valence-corrected chi connectivity index (χ0v) is 16.6. The van der Waals surface area contributed by atoms with Crippen LogP contribution in [0.2, 0.25) is 0 Å². The minimum atomic E-state index is -3.54. The van der Waals surface area contributed by atoms with Crippen molar-refractivity contribution in [1.29, 1.82) is 0 Å². The Kier molecular flexibility index (Phi) is 5.20. The van der Waals surface area contributed by atoms with Crippen molar-refractivity contribution in [3.8, 4) is 0 Å². The molecule has 2 heterocycles. The van der Waals surface area contributed by atoms with Crippen molar-refractivity contribution in [2.75, 3.05) is 13.1 Å². The van der Waals surface area contributed by atoms with Crippen molar-refractivity contribution in [3.63, 3.8) is 0 Å². The Morgan fingerprint density at radius 3 is 2.68 bits per heavy atom. The lowest BCUT2D eigenvalue weighted by Gasteiger charge is -2.30. The van der Waals surface area contributed by atoms with E-state index in [0.717, 1.165) is 24.8 Å². The van der Waals surface area contributed by atoms with Gasteiger partial charge in [0.15, 0.2) is 6.61 Å². The second-order valence-corrected chi connectivity index (χ2v) is 9.22. The number of nitrogens with zero attached hydrogens (tertiary/aromatic N) is 3. The molecule has 1 saturated heterocycles. The Morgan fingerprint density at radius 2 is 1.96 bits per heavy atom. The molecule has 1 aliphatic carbocycles. The highest BCUT2D eigenvalue weighted by atomic mass is 32.2. The van der Waals surface area contributed by atoms with Gasteiger partial charge in [-0.05, 0) is 55.4 Å². The lowest BCUT2D eigenvalue weighted by molar-refractivity contribution is -0.151. The Bertz CT molecular complexity index is 977. The highest BCUT2D eigenvalue weighted by Gasteiger charge is 2.33. The Labute approximate surface area is 163 Å². The zero-order valence-electron chi connectivity index (χ0n) is 15.8. The van der Waals surface area contributed by atoms with Gasteiger partial charge in [0.1, 0.15) is 0 Å². The summed E-state index contributed by atoms with van der Waals surface area (Å²) in [5.74, 6) is -0.0143. The fourth-order valence-corrected chi connectivity index (χ4v) is 5.36. The number of carbonyl (C=O) groups is 1. The van der Waals surface area contributed by atoms with E-state index in [1.807, 2.05) is 12.1 Å². The van der Waals surface area contributed by atoms with Gasteiger partial charge in [-0.3, -0.25) is 4.79 Å². The molecule has 0 N–H and O–H groups in total. The van der Waals surface area contributed by atoms with Gasteiger partial charge in [0.25, 0.3) is 5.89 Å². The molecule has 2 aliphatic rings. The van der Waals surface area contributed by atoms with Gasteiger partial charge >= 0.3 is 5.97 Å². The summed E-state index contributed by atoms with van der Waals surface area (Å²) >= 11 is 0. The van der Waals surface area contributed by atoms with Crippen LogP contribution in [0.3, 0.4) is 0 Å². The van der Waals surface area contributed by atoms with Crippen molar-refractivity contribution in [3.05, 3.63) is 41.1 Å². The van der Waals surface area contributed by atoms with Crippen molar-refractivity contribution >= 4 is 16.0 Å². The number of sulfonamides is 1. The lowest BCUT2D eigenvalue weighted by Crippen LogP contribution is -2.40. The molecule has 150 valence electrons. The number of carbonyl (C=O) groups excluding carboxylic acids is 1. The first kappa shape index (κ1) is 19.1. The van der Waals surface area contributed by atoms with E-state index in [2.05, 4.69) is 10.2 Å². The smallest absolute Gasteiger partial charge is 0.309 e. The third-order valence-corrected chi connectivity index (χ3v) is 7.30. The molecule has 1 aromatic heterocycles. The minimum absolute atomic E-state index is 0.0622. The molecule has 0 unspecified atom stereocenters. The van der Waals surface area contributed by atoms with E-state index in [1.54, 1.807) is 13.0 Å². The maximum atomic E-state index is 13.0. The Balaban J connectivity index is 1.34. The maximum absolute atomic E-state index is 13.0. The largest absolute Gasteiger partial charge is 0.455 e. The van der Waals surface area contributed by atoms with E-state index in [9.17, 15) is 13.2 Å². The number of fused-ring (bicyclic) bond motifs is 1. The van der Waals surface area contributed by atoms with Gasteiger partial charge in [-0.2, -0.15) is 4.31 Å². The molecule has 28 heavy (non-hydrogen) atoms. The number of hydrogen-bond donors (Lipinski definition) is 0. The fourth-order valence-electron chi connectivity index (χ4n) is 3.84. The Morgan fingerprint density at radius 1 is 1.21 bits per heavy atom. The third-order valence-electron chi connectivity index (χ3n) is 5.40. The molecule has 4 rings (SSSR count). The van der Waals surface area contributed by atoms with E-state index < -0.39 is 10.0 Å². The van der Waals surface area contributed by atoms with Crippen LogP contribution in [0.5, 0.6) is 0 Å². The van der Waals surface area contributed by atoms with Crippen LogP contribution in [-0.2, 0) is 39.0 Å². The zero-order chi connectivity index (χ0) is 19.7. The van der Waals surface area contributed by atoms with E-state index in [0.29, 0.717) is 36.7 Å². The molecular weight excluding hydrogens is 382 g/mol. The summed E-state index contributed by atoms with van der Waals surface area (Å²) < 4.78 is 37.8. The van der Waals surface area contributed by atoms with Crippen LogP contribution >= 0.6 is 0 Å². The van der Waals surface area contributed by atoms with Gasteiger partial charge < -0.3 is 9.15 Å². The van der Waals surface area contributed by atoms with E-state index in [1.165, 1.54) is 9.87 Å². The molecule has 1 aromatic carbocycles. The second kappa shape index (κ2) is 7.63. The summed E-state index contributed by atoms with van der Waals surface area (Å²) in [5.41, 5.74) is 2.38. The first-order valence-corrected chi connectivity index (χ1v) is 10.9. The molecule has 0 spiro atoms. The van der Waals surface area contributed by atoms with Crippen LogP contribution in [0.15, 0.2) is 27.5 Å². The molecule has 1 aliphatic heterocycles. The molecule has 0 atom stereocenters. The van der Waals surface area contributed by atoms with Crippen molar-refractivity contribution in [1.82, 2.24) is 14.5 Å². The van der Waals surface area contributed by atoms with Gasteiger partial charge in [0.05, 0.1) is 10.8 Å². The summed E-state index contributed by atoms with van der Waals surface area (Å²) in [6, 6.07) is 5.44. The first-order chi connectivity index (χ1) is 13.4. The second-order valence-electron chi connectivity index (χ2n) is 7.28. The monoisotopic (exact) mass is 405 g/mol. The number of benzene rings is 1. The summed E-state index contributed by atoms with van der Waals surface area (Å²) in [4.78, 5) is 12.6. The summed E-state index contributed by atoms with van der Waals surface area (Å²) in [7, 11) is -3.54. The normalized spacial score (nSPS) is 18.2. The number of piperidine rings is 1. The molecular formula is C19H23N3O5S. The number of ether oxygens (including phenoxy) is 1. The molecule has 0 radical (unpaired) electrons. The van der Waals surface area contributed by atoms with Crippen LogP contribution in [0.1, 0.15) is 42.2 Å². The fraction of sp³-hybridized carbons (Fsp3) is 0.526. The van der Waals surface area contributed by atoms with Crippen LogP contribution in [-0.4, -0.2) is 42.0 Å². The van der Waals surface area contributed by atoms with Crippen molar-refractivity contribution < 1.29 is 22.4 Å². The highest BCUT2D eigenvalue weighted by Crippen LogP contribution is 2.29. The number of rotatable bonds is 5. The van der Waals surface area contributed by atoms with Gasteiger partial charge in [-0.15, -0.1) is 10.2 Å². The summed E-state index contributed by atoms with van der Waals surface area (Å²) in [5, 5.41) is 7.47. The molecule has 2 aromatic rings. The predicted molar refractivity (Wildman–Crippen MR) is 98.8 cm³/mol. The van der Waals surface area contributed by atoms with Crippen LogP contribution < -0.4 is 0 Å². The number of hydrogen-bond acceptors (Lipinski definition) is 7. The quantitative estimate of drug-likeness (QED) is 0.701. The van der Waals surface area contributed by atoms with E-state index >= 15 is 0 Å². The van der Waals surface area contributed by atoms with Crippen LogP contribution in [0.25, 0.3) is 0 Å². The molecule has 8 nitrogen and oxygen atoms in total. The highest BCUT2D eigenvalue weighted by molar-refractivity contribution is 7.89. The molecule has 0 amide bonds. The topological polar surface area (TPSA) is 103 Å². The standard InChI is InChI=1S/C19H23N3O5S/c1-13-20-21-18(27-13)12-26-19(23)15-7-9-22(10-8-15)28(24,25)17-6-5-14-3-2-4-16(14)11-17/h5-6,11,15H,2-4,7-10,12H2,1H3.